The topological polar surface area (TPSA) is 98.0 Å². The van der Waals surface area contributed by atoms with E-state index >= 15 is 0 Å². The summed E-state index contributed by atoms with van der Waals surface area (Å²) in [6.07, 6.45) is 5.85. The van der Waals surface area contributed by atoms with Crippen LogP contribution in [0, 0.1) is 58.2 Å². The first-order valence-electron chi connectivity index (χ1n) is 13.2. The van der Waals surface area contributed by atoms with Crippen molar-refractivity contribution in [2.75, 3.05) is 0 Å². The second kappa shape index (κ2) is 8.53. The molecule has 0 aromatic rings. The summed E-state index contributed by atoms with van der Waals surface area (Å²) in [4.78, 5) is 11.5. The van der Waals surface area contributed by atoms with E-state index in [2.05, 4.69) is 27.7 Å². The predicted molar refractivity (Wildman–Crippen MR) is 124 cm³/mol. The monoisotopic (exact) mass is 450 g/mol. The highest BCUT2D eigenvalue weighted by Crippen LogP contribution is 2.69. The summed E-state index contributed by atoms with van der Waals surface area (Å²) in [5.74, 6) is 0.687. The number of carboxylic acid groups (broad SMARTS) is 1. The van der Waals surface area contributed by atoms with Crippen molar-refractivity contribution < 1.29 is 25.2 Å². The van der Waals surface area contributed by atoms with Gasteiger partial charge < -0.3 is 20.4 Å². The molecule has 4 aliphatic carbocycles. The van der Waals surface area contributed by atoms with Crippen LogP contribution >= 0.6 is 0 Å². The fraction of sp³-hybridized carbons (Fsp3) is 0.963. The molecule has 4 rings (SSSR count). The minimum absolute atomic E-state index is 0.0631. The normalized spacial score (nSPS) is 52.4. The number of fused-ring (bicyclic) bond motifs is 5. The first-order valence-corrected chi connectivity index (χ1v) is 13.2. The number of aliphatic carboxylic acids is 1. The molecule has 32 heavy (non-hydrogen) atoms. The van der Waals surface area contributed by atoms with Gasteiger partial charge in [-0.3, -0.25) is 4.79 Å². The first kappa shape index (κ1) is 24.5. The van der Waals surface area contributed by atoms with Crippen LogP contribution in [0.3, 0.4) is 0 Å². The van der Waals surface area contributed by atoms with Crippen molar-refractivity contribution in [2.45, 2.75) is 104 Å². The molecule has 13 atom stereocenters. The second-order valence-corrected chi connectivity index (χ2v) is 12.6. The maximum absolute atomic E-state index is 11.8. The van der Waals surface area contributed by atoms with Crippen molar-refractivity contribution in [1.29, 1.82) is 0 Å². The van der Waals surface area contributed by atoms with Gasteiger partial charge in [0.2, 0.25) is 0 Å². The molecule has 5 nitrogen and oxygen atoms in total. The highest BCUT2D eigenvalue weighted by Gasteiger charge is 2.67. The van der Waals surface area contributed by atoms with Crippen molar-refractivity contribution in [1.82, 2.24) is 0 Å². The van der Waals surface area contributed by atoms with Gasteiger partial charge in [-0.2, -0.15) is 0 Å². The van der Waals surface area contributed by atoms with Gasteiger partial charge in [0, 0.05) is 0 Å². The number of carbonyl (C=O) groups is 1. The number of hydrogen-bond donors (Lipinski definition) is 4. The van der Waals surface area contributed by atoms with Crippen LogP contribution in [0.25, 0.3) is 0 Å². The van der Waals surface area contributed by atoms with Gasteiger partial charge in [0.25, 0.3) is 0 Å². The van der Waals surface area contributed by atoms with E-state index in [9.17, 15) is 25.2 Å². The van der Waals surface area contributed by atoms with Crippen molar-refractivity contribution in [3.8, 4) is 0 Å². The fourth-order valence-corrected chi connectivity index (χ4v) is 9.71. The lowest BCUT2D eigenvalue weighted by Gasteiger charge is -2.65. The summed E-state index contributed by atoms with van der Waals surface area (Å²) < 4.78 is 0. The molecule has 0 aliphatic heterocycles. The molecule has 0 aromatic carbocycles. The predicted octanol–water partition coefficient (Wildman–Crippen LogP) is 4.33. The molecule has 0 amide bonds. The molecular weight excluding hydrogens is 404 g/mol. The molecule has 184 valence electrons. The SMILES string of the molecule is CC[C@H]1[C@@H](O)[C@H]2C3CCC([C@H](C)CC(C)C(=O)O)[C@@]3(C)[C@@H](O)CC2[C@@]2(C)CC[C@@H](O)C[C@@H]12. The van der Waals surface area contributed by atoms with Crippen LogP contribution in [0.5, 0.6) is 0 Å². The summed E-state index contributed by atoms with van der Waals surface area (Å²) >= 11 is 0. The van der Waals surface area contributed by atoms with Crippen molar-refractivity contribution in [3.63, 3.8) is 0 Å². The lowest BCUT2D eigenvalue weighted by Crippen LogP contribution is -2.65. The molecule has 0 radical (unpaired) electrons. The van der Waals surface area contributed by atoms with E-state index in [4.69, 9.17) is 0 Å². The van der Waals surface area contributed by atoms with Crippen LogP contribution in [0.2, 0.25) is 0 Å². The van der Waals surface area contributed by atoms with Crippen LogP contribution in [0.1, 0.15) is 86.0 Å². The highest BCUT2D eigenvalue weighted by molar-refractivity contribution is 5.69. The average Bonchev–Trinajstić information content (AvgIpc) is 3.09. The van der Waals surface area contributed by atoms with Gasteiger partial charge in [-0.25, -0.2) is 0 Å². The molecular formula is C27H46O5. The number of aliphatic hydroxyl groups is 3. The van der Waals surface area contributed by atoms with Gasteiger partial charge in [-0.05, 0) is 97.2 Å². The average molecular weight is 451 g/mol. The third-order valence-corrected chi connectivity index (χ3v) is 11.4. The van der Waals surface area contributed by atoms with Gasteiger partial charge in [-0.15, -0.1) is 0 Å². The molecule has 4 saturated carbocycles. The zero-order chi connectivity index (χ0) is 23.6. The van der Waals surface area contributed by atoms with E-state index in [1.165, 1.54) is 0 Å². The fourth-order valence-electron chi connectivity index (χ4n) is 9.71. The zero-order valence-electron chi connectivity index (χ0n) is 20.7. The Balaban J connectivity index is 1.66. The molecule has 4 N–H and O–H groups in total. The summed E-state index contributed by atoms with van der Waals surface area (Å²) in [6, 6.07) is 0. The molecule has 4 unspecified atom stereocenters. The Bertz CT molecular complexity index is 710. The number of carboxylic acids is 1. The van der Waals surface area contributed by atoms with Gasteiger partial charge in [-0.1, -0.05) is 41.0 Å². The smallest absolute Gasteiger partial charge is 0.306 e. The molecule has 0 spiro atoms. The van der Waals surface area contributed by atoms with E-state index in [-0.39, 0.29) is 64.5 Å². The van der Waals surface area contributed by atoms with Crippen LogP contribution in [-0.4, -0.2) is 44.7 Å². The van der Waals surface area contributed by atoms with E-state index in [0.29, 0.717) is 12.3 Å². The molecule has 0 heterocycles. The van der Waals surface area contributed by atoms with E-state index in [1.54, 1.807) is 6.92 Å². The Labute approximate surface area is 194 Å². The van der Waals surface area contributed by atoms with Crippen molar-refractivity contribution in [2.24, 2.45) is 58.2 Å². The number of aliphatic hydroxyl groups excluding tert-OH is 3. The maximum Gasteiger partial charge on any atom is 0.306 e. The lowest BCUT2D eigenvalue weighted by atomic mass is 9.41. The Morgan fingerprint density at radius 1 is 1.00 bits per heavy atom. The zero-order valence-corrected chi connectivity index (χ0v) is 20.7. The summed E-state index contributed by atoms with van der Waals surface area (Å²) in [7, 11) is 0. The minimum atomic E-state index is -0.743. The van der Waals surface area contributed by atoms with E-state index in [1.807, 2.05) is 0 Å². The number of hydrogen-bond acceptors (Lipinski definition) is 4. The molecule has 0 aromatic heterocycles. The largest absolute Gasteiger partial charge is 0.481 e. The first-order chi connectivity index (χ1) is 15.0. The summed E-state index contributed by atoms with van der Waals surface area (Å²) in [5, 5.41) is 43.3. The Morgan fingerprint density at radius 2 is 1.69 bits per heavy atom. The van der Waals surface area contributed by atoms with Gasteiger partial charge in [0.05, 0.1) is 24.2 Å². The Hall–Kier alpha value is -0.650. The third-order valence-electron chi connectivity index (χ3n) is 11.4. The van der Waals surface area contributed by atoms with E-state index in [0.717, 1.165) is 44.9 Å². The molecule has 4 fully saturated rings. The molecule has 5 heteroatoms. The molecule has 0 bridgehead atoms. The summed E-state index contributed by atoms with van der Waals surface area (Å²) in [5.41, 5.74) is -0.205. The van der Waals surface area contributed by atoms with Gasteiger partial charge in [0.1, 0.15) is 0 Å². The second-order valence-electron chi connectivity index (χ2n) is 12.6. The summed E-state index contributed by atoms with van der Waals surface area (Å²) in [6.45, 7) is 10.8. The minimum Gasteiger partial charge on any atom is -0.481 e. The van der Waals surface area contributed by atoms with Gasteiger partial charge >= 0.3 is 5.97 Å². The highest BCUT2D eigenvalue weighted by atomic mass is 16.4. The van der Waals surface area contributed by atoms with Crippen molar-refractivity contribution in [3.05, 3.63) is 0 Å². The van der Waals surface area contributed by atoms with Crippen LogP contribution in [-0.2, 0) is 4.79 Å². The van der Waals surface area contributed by atoms with E-state index < -0.39 is 12.1 Å². The number of rotatable bonds is 5. The standard InChI is InChI=1S/C27H46O5/c1-6-17-20-12-16(28)9-10-26(20,4)21-13-22(29)27(5)18(14(2)11-15(3)25(31)32)7-8-19(27)23(21)24(17)30/h14-24,28-30H,6-13H2,1-5H3,(H,31,32)/t14-,15?,16-,17-,18?,19?,20+,21?,22+,23+,24-,26+,27-/m1/s1. The quantitative estimate of drug-likeness (QED) is 0.500. The Kier molecular flexibility index (Phi) is 6.53. The lowest BCUT2D eigenvalue weighted by molar-refractivity contribution is -0.228. The van der Waals surface area contributed by atoms with Gasteiger partial charge in [0.15, 0.2) is 0 Å². The maximum atomic E-state index is 11.8. The third kappa shape index (κ3) is 3.48. The van der Waals surface area contributed by atoms with Crippen molar-refractivity contribution >= 4 is 5.97 Å². The van der Waals surface area contributed by atoms with Crippen LogP contribution in [0.4, 0.5) is 0 Å². The van der Waals surface area contributed by atoms with Crippen LogP contribution in [0.15, 0.2) is 0 Å². The Morgan fingerprint density at radius 3 is 2.31 bits per heavy atom. The van der Waals surface area contributed by atoms with Crippen LogP contribution < -0.4 is 0 Å². The molecule has 0 saturated heterocycles. The molecule has 4 aliphatic rings.